The predicted molar refractivity (Wildman–Crippen MR) is 69.5 cm³/mol. The average molecular weight is 252 g/mol. The Hall–Kier alpha value is -1.23. The van der Waals surface area contributed by atoms with Crippen molar-refractivity contribution in [1.29, 1.82) is 0 Å². The largest absolute Gasteiger partial charge is 0.336 e. The number of carbonyl (C=O) groups is 1. The van der Waals surface area contributed by atoms with Gasteiger partial charge < -0.3 is 9.88 Å². The van der Waals surface area contributed by atoms with Crippen molar-refractivity contribution in [3.63, 3.8) is 0 Å². The molecule has 0 atom stereocenters. The van der Waals surface area contributed by atoms with Gasteiger partial charge in [-0.25, -0.2) is 0 Å². The third-order valence-electron chi connectivity index (χ3n) is 2.74. The first kappa shape index (κ1) is 12.2. The lowest BCUT2D eigenvalue weighted by atomic mass is 10.1. The second kappa shape index (κ2) is 4.56. The highest BCUT2D eigenvalue weighted by Gasteiger charge is 2.30. The third kappa shape index (κ3) is 2.91. The van der Waals surface area contributed by atoms with E-state index in [9.17, 15) is 9.59 Å². The molecule has 1 amide bonds. The number of aromatic amines is 1. The summed E-state index contributed by atoms with van der Waals surface area (Å²) in [6.07, 6.45) is 1.49. The predicted octanol–water partition coefficient (Wildman–Crippen LogP) is 1.34. The summed E-state index contributed by atoms with van der Waals surface area (Å²) in [7, 11) is 0. The van der Waals surface area contributed by atoms with Crippen LogP contribution in [0.15, 0.2) is 23.1 Å². The molecule has 0 saturated carbocycles. The average Bonchev–Trinajstić information content (AvgIpc) is 2.28. The number of H-pyrrole nitrogens is 1. The van der Waals surface area contributed by atoms with Gasteiger partial charge in [-0.3, -0.25) is 9.59 Å². The van der Waals surface area contributed by atoms with Crippen LogP contribution in [0.1, 0.15) is 24.2 Å². The second-order valence-electron chi connectivity index (χ2n) is 4.78. The number of aromatic nitrogens is 1. The van der Waals surface area contributed by atoms with Crippen molar-refractivity contribution in [3.8, 4) is 0 Å². The Balaban J connectivity index is 2.15. The van der Waals surface area contributed by atoms with Crippen LogP contribution in [0.3, 0.4) is 0 Å². The standard InChI is InChI=1S/C12H16N2O2S/c1-12(2)8-14(5-6-17-12)11(16)9-3-4-10(15)13-7-9/h3-4,7H,5-6,8H2,1-2H3,(H,13,15). The number of nitrogens with one attached hydrogen (secondary N) is 1. The van der Waals surface area contributed by atoms with Crippen molar-refractivity contribution < 1.29 is 4.79 Å². The molecule has 1 aromatic heterocycles. The Bertz CT molecular complexity index is 461. The van der Waals surface area contributed by atoms with Gasteiger partial charge >= 0.3 is 0 Å². The van der Waals surface area contributed by atoms with Crippen LogP contribution in [0.4, 0.5) is 0 Å². The van der Waals surface area contributed by atoms with Crippen LogP contribution in [-0.4, -0.2) is 39.4 Å². The molecule has 1 aromatic rings. The zero-order chi connectivity index (χ0) is 12.5. The molecule has 92 valence electrons. The number of hydrogen-bond acceptors (Lipinski definition) is 3. The minimum Gasteiger partial charge on any atom is -0.336 e. The smallest absolute Gasteiger partial charge is 0.255 e. The lowest BCUT2D eigenvalue weighted by Gasteiger charge is -2.37. The van der Waals surface area contributed by atoms with Crippen molar-refractivity contribution in [3.05, 3.63) is 34.2 Å². The molecule has 0 spiro atoms. The SMILES string of the molecule is CC1(C)CN(C(=O)c2ccc(=O)[nH]c2)CCS1. The third-order valence-corrected chi connectivity index (χ3v) is 4.04. The highest BCUT2D eigenvalue weighted by Crippen LogP contribution is 2.29. The van der Waals surface area contributed by atoms with Crippen LogP contribution in [0.25, 0.3) is 0 Å². The van der Waals surface area contributed by atoms with Crippen LogP contribution in [-0.2, 0) is 0 Å². The molecule has 0 aromatic carbocycles. The zero-order valence-electron chi connectivity index (χ0n) is 10.0. The maximum atomic E-state index is 12.2. The first-order chi connectivity index (χ1) is 7.98. The maximum absolute atomic E-state index is 12.2. The number of hydrogen-bond donors (Lipinski definition) is 1. The first-order valence-corrected chi connectivity index (χ1v) is 6.58. The van der Waals surface area contributed by atoms with Gasteiger partial charge in [0.2, 0.25) is 5.56 Å². The molecule has 1 aliphatic rings. The van der Waals surface area contributed by atoms with E-state index in [0.29, 0.717) is 5.56 Å². The molecule has 1 aliphatic heterocycles. The van der Waals surface area contributed by atoms with E-state index < -0.39 is 0 Å². The number of amides is 1. The zero-order valence-corrected chi connectivity index (χ0v) is 10.8. The van der Waals surface area contributed by atoms with Gasteiger partial charge in [0.15, 0.2) is 0 Å². The van der Waals surface area contributed by atoms with Gasteiger partial charge in [-0.15, -0.1) is 0 Å². The summed E-state index contributed by atoms with van der Waals surface area (Å²) < 4.78 is 0.107. The summed E-state index contributed by atoms with van der Waals surface area (Å²) in [5.74, 6) is 0.955. The van der Waals surface area contributed by atoms with Gasteiger partial charge in [-0.2, -0.15) is 11.8 Å². The fourth-order valence-electron chi connectivity index (χ4n) is 1.92. The van der Waals surface area contributed by atoms with Gasteiger partial charge in [0.05, 0.1) is 5.56 Å². The van der Waals surface area contributed by atoms with Crippen LogP contribution in [0, 0.1) is 0 Å². The molecule has 5 heteroatoms. The van der Waals surface area contributed by atoms with E-state index in [2.05, 4.69) is 18.8 Å². The molecule has 0 bridgehead atoms. The van der Waals surface area contributed by atoms with Gasteiger partial charge in [-0.1, -0.05) is 0 Å². The van der Waals surface area contributed by atoms with E-state index in [-0.39, 0.29) is 16.2 Å². The van der Waals surface area contributed by atoms with Crippen molar-refractivity contribution in [1.82, 2.24) is 9.88 Å². The Kier molecular flexibility index (Phi) is 3.28. The molecular weight excluding hydrogens is 236 g/mol. The summed E-state index contributed by atoms with van der Waals surface area (Å²) in [5, 5.41) is 0. The maximum Gasteiger partial charge on any atom is 0.255 e. The molecule has 1 N–H and O–H groups in total. The summed E-state index contributed by atoms with van der Waals surface area (Å²) in [5.41, 5.74) is 0.364. The second-order valence-corrected chi connectivity index (χ2v) is 6.58. The number of carbonyl (C=O) groups excluding carboxylic acids is 1. The summed E-state index contributed by atoms with van der Waals surface area (Å²) in [6.45, 7) is 5.80. The monoisotopic (exact) mass is 252 g/mol. The first-order valence-electron chi connectivity index (χ1n) is 5.60. The molecule has 2 heterocycles. The molecular formula is C12H16N2O2S. The topological polar surface area (TPSA) is 53.2 Å². The molecule has 0 unspecified atom stereocenters. The minimum atomic E-state index is -0.184. The van der Waals surface area contributed by atoms with Gasteiger partial charge in [-0.05, 0) is 19.9 Å². The summed E-state index contributed by atoms with van der Waals surface area (Å²) in [4.78, 5) is 27.5. The van der Waals surface area contributed by atoms with Gasteiger partial charge in [0, 0.05) is 35.9 Å². The minimum absolute atomic E-state index is 0.00498. The van der Waals surface area contributed by atoms with Crippen LogP contribution in [0.2, 0.25) is 0 Å². The van der Waals surface area contributed by atoms with Gasteiger partial charge in [0.1, 0.15) is 0 Å². The van der Waals surface area contributed by atoms with Crippen molar-refractivity contribution in [2.45, 2.75) is 18.6 Å². The lowest BCUT2D eigenvalue weighted by Crippen LogP contribution is -2.46. The van der Waals surface area contributed by atoms with E-state index in [1.807, 2.05) is 16.7 Å². The summed E-state index contributed by atoms with van der Waals surface area (Å²) in [6, 6.07) is 2.97. The highest BCUT2D eigenvalue weighted by atomic mass is 32.2. The summed E-state index contributed by atoms with van der Waals surface area (Å²) >= 11 is 1.89. The normalized spacial score (nSPS) is 19.1. The Morgan fingerprint density at radius 1 is 1.47 bits per heavy atom. The van der Waals surface area contributed by atoms with Crippen LogP contribution in [0.5, 0.6) is 0 Å². The number of nitrogens with zero attached hydrogens (tertiary/aromatic N) is 1. The molecule has 0 radical (unpaired) electrons. The number of pyridine rings is 1. The fraction of sp³-hybridized carbons (Fsp3) is 0.500. The Labute approximate surface area is 104 Å². The Morgan fingerprint density at radius 2 is 2.24 bits per heavy atom. The van der Waals surface area contributed by atoms with E-state index in [4.69, 9.17) is 0 Å². The van der Waals surface area contributed by atoms with E-state index >= 15 is 0 Å². The molecule has 1 saturated heterocycles. The number of rotatable bonds is 1. The van der Waals surface area contributed by atoms with Crippen molar-refractivity contribution >= 4 is 17.7 Å². The highest BCUT2D eigenvalue weighted by molar-refractivity contribution is 8.00. The van der Waals surface area contributed by atoms with E-state index in [0.717, 1.165) is 18.8 Å². The quantitative estimate of drug-likeness (QED) is 0.820. The number of thioether (sulfide) groups is 1. The molecule has 17 heavy (non-hydrogen) atoms. The van der Waals surface area contributed by atoms with E-state index in [1.54, 1.807) is 6.07 Å². The van der Waals surface area contributed by atoms with Crippen molar-refractivity contribution in [2.24, 2.45) is 0 Å². The van der Waals surface area contributed by atoms with Crippen LogP contribution >= 0.6 is 11.8 Å². The Morgan fingerprint density at radius 3 is 2.82 bits per heavy atom. The molecule has 2 rings (SSSR count). The fourth-order valence-corrected chi connectivity index (χ4v) is 3.03. The van der Waals surface area contributed by atoms with E-state index in [1.165, 1.54) is 12.3 Å². The van der Waals surface area contributed by atoms with Crippen molar-refractivity contribution in [2.75, 3.05) is 18.8 Å². The molecule has 0 aliphatic carbocycles. The van der Waals surface area contributed by atoms with Crippen LogP contribution < -0.4 is 5.56 Å². The lowest BCUT2D eigenvalue weighted by molar-refractivity contribution is 0.0747. The molecule has 4 nitrogen and oxygen atoms in total. The van der Waals surface area contributed by atoms with Gasteiger partial charge in [0.25, 0.3) is 5.91 Å². The molecule has 1 fully saturated rings.